The van der Waals surface area contributed by atoms with Gasteiger partial charge in [0.15, 0.2) is 0 Å². The molecule has 1 heterocycles. The van der Waals surface area contributed by atoms with Crippen LogP contribution in [0.25, 0.3) is 0 Å². The molecule has 0 aliphatic carbocycles. The molecule has 2 aromatic carbocycles. The summed E-state index contributed by atoms with van der Waals surface area (Å²) in [6, 6.07) is 10.1. The molecule has 0 spiro atoms. The molecule has 0 fully saturated rings. The highest BCUT2D eigenvalue weighted by molar-refractivity contribution is 6.07. The maximum Gasteiger partial charge on any atom is 0.418 e. The predicted octanol–water partition coefficient (Wildman–Crippen LogP) is 4.37. The van der Waals surface area contributed by atoms with E-state index in [9.17, 15) is 22.8 Å². The fourth-order valence-corrected chi connectivity index (χ4v) is 3.20. The summed E-state index contributed by atoms with van der Waals surface area (Å²) >= 11 is 0. The highest BCUT2D eigenvalue weighted by Crippen LogP contribution is 2.35. The number of allylic oxidation sites excluding steroid dienone is 1. The maximum absolute atomic E-state index is 13.3. The van der Waals surface area contributed by atoms with Crippen LogP contribution in [0.5, 0.6) is 5.75 Å². The second kappa shape index (κ2) is 8.48. The topological polar surface area (TPSA) is 79.5 Å². The molecule has 6 nitrogen and oxygen atoms in total. The van der Waals surface area contributed by atoms with Gasteiger partial charge >= 0.3 is 12.2 Å². The molecule has 158 valence electrons. The first-order valence-electron chi connectivity index (χ1n) is 9.19. The Morgan fingerprint density at radius 3 is 2.43 bits per heavy atom. The molecule has 1 aliphatic rings. The van der Waals surface area contributed by atoms with Crippen LogP contribution >= 0.6 is 0 Å². The molecule has 0 aromatic heterocycles. The van der Waals surface area contributed by atoms with E-state index in [2.05, 4.69) is 16.0 Å². The van der Waals surface area contributed by atoms with E-state index in [1.165, 1.54) is 25.1 Å². The Morgan fingerprint density at radius 1 is 1.13 bits per heavy atom. The van der Waals surface area contributed by atoms with Crippen molar-refractivity contribution in [2.24, 2.45) is 0 Å². The van der Waals surface area contributed by atoms with Gasteiger partial charge in [-0.3, -0.25) is 4.79 Å². The van der Waals surface area contributed by atoms with Crippen LogP contribution in [0.1, 0.15) is 31.0 Å². The van der Waals surface area contributed by atoms with Gasteiger partial charge in [0.05, 0.1) is 29.5 Å². The average molecular weight is 419 g/mol. The van der Waals surface area contributed by atoms with Crippen LogP contribution in [0.2, 0.25) is 0 Å². The zero-order chi connectivity index (χ0) is 21.9. The van der Waals surface area contributed by atoms with Crippen LogP contribution in [-0.2, 0) is 11.0 Å². The third kappa shape index (κ3) is 4.56. The first kappa shape index (κ1) is 21.2. The van der Waals surface area contributed by atoms with Crippen molar-refractivity contribution in [3.05, 3.63) is 70.9 Å². The van der Waals surface area contributed by atoms with E-state index in [1.54, 1.807) is 24.3 Å². The normalized spacial score (nSPS) is 16.6. The lowest BCUT2D eigenvalue weighted by Gasteiger charge is -2.29. The van der Waals surface area contributed by atoms with Crippen molar-refractivity contribution in [2.45, 2.75) is 26.1 Å². The molecule has 0 saturated heterocycles. The summed E-state index contributed by atoms with van der Waals surface area (Å²) in [6.45, 7) is 3.84. The number of alkyl halides is 3. The van der Waals surface area contributed by atoms with E-state index in [0.717, 1.165) is 6.07 Å². The minimum atomic E-state index is -4.62. The zero-order valence-electron chi connectivity index (χ0n) is 16.3. The third-order valence-corrected chi connectivity index (χ3v) is 4.52. The van der Waals surface area contributed by atoms with Crippen molar-refractivity contribution in [1.29, 1.82) is 0 Å². The summed E-state index contributed by atoms with van der Waals surface area (Å²) in [7, 11) is 0. The largest absolute Gasteiger partial charge is 0.494 e. The molecule has 3 N–H and O–H groups in total. The summed E-state index contributed by atoms with van der Waals surface area (Å²) in [6.07, 6.45) is -4.62. The number of carbonyl (C=O) groups is 2. The molecule has 1 aliphatic heterocycles. The third-order valence-electron chi connectivity index (χ3n) is 4.52. The molecule has 1 atom stereocenters. The quantitative estimate of drug-likeness (QED) is 0.673. The Bertz CT molecular complexity index is 985. The molecule has 3 rings (SSSR count). The van der Waals surface area contributed by atoms with Crippen molar-refractivity contribution in [3.8, 4) is 5.75 Å². The molecular weight excluding hydrogens is 399 g/mol. The number of anilines is 1. The fraction of sp³-hybridized carbons (Fsp3) is 0.238. The standard InChI is InChI=1S/C21H20F3N3O3/c1-3-30-14-10-8-13(9-11-14)18-17(12(2)25-20(29)27-18)19(28)26-16-7-5-4-6-15(16)21(22,23)24/h4-11,18H,3H2,1-2H3,(H,26,28)(H2,25,27,29)/t18-/m1/s1. The zero-order valence-corrected chi connectivity index (χ0v) is 16.3. The number of halogens is 3. The molecule has 0 bridgehead atoms. The summed E-state index contributed by atoms with van der Waals surface area (Å²) in [5.74, 6) is -0.136. The first-order chi connectivity index (χ1) is 14.2. The van der Waals surface area contributed by atoms with Crippen molar-refractivity contribution >= 4 is 17.6 Å². The van der Waals surface area contributed by atoms with Gasteiger partial charge in [-0.05, 0) is 43.7 Å². The molecule has 0 radical (unpaired) electrons. The minimum Gasteiger partial charge on any atom is -0.494 e. The van der Waals surface area contributed by atoms with Crippen LogP contribution in [0, 0.1) is 0 Å². The highest BCUT2D eigenvalue weighted by Gasteiger charge is 2.35. The molecule has 9 heteroatoms. The van der Waals surface area contributed by atoms with E-state index in [1.807, 2.05) is 6.92 Å². The molecular formula is C21H20F3N3O3. The van der Waals surface area contributed by atoms with Crippen LogP contribution in [0.15, 0.2) is 59.8 Å². The average Bonchev–Trinajstić information content (AvgIpc) is 2.67. The molecule has 2 aromatic rings. The van der Waals surface area contributed by atoms with Crippen LogP contribution in [0.3, 0.4) is 0 Å². The van der Waals surface area contributed by atoms with Gasteiger partial charge in [0.2, 0.25) is 0 Å². The van der Waals surface area contributed by atoms with E-state index in [4.69, 9.17) is 4.74 Å². The van der Waals surface area contributed by atoms with Gasteiger partial charge in [0.1, 0.15) is 5.75 Å². The number of benzene rings is 2. The smallest absolute Gasteiger partial charge is 0.418 e. The van der Waals surface area contributed by atoms with E-state index < -0.39 is 29.7 Å². The Balaban J connectivity index is 1.94. The van der Waals surface area contributed by atoms with Crippen molar-refractivity contribution in [3.63, 3.8) is 0 Å². The van der Waals surface area contributed by atoms with Gasteiger partial charge in [-0.2, -0.15) is 13.2 Å². The summed E-state index contributed by atoms with van der Waals surface area (Å²) in [4.78, 5) is 24.9. The number of nitrogens with one attached hydrogen (secondary N) is 3. The first-order valence-corrected chi connectivity index (χ1v) is 9.19. The summed E-state index contributed by atoms with van der Waals surface area (Å²) < 4.78 is 45.2. The molecule has 0 saturated carbocycles. The Labute approximate surface area is 171 Å². The Kier molecular flexibility index (Phi) is 6.00. The van der Waals surface area contributed by atoms with E-state index in [-0.39, 0.29) is 17.0 Å². The maximum atomic E-state index is 13.3. The number of urea groups is 1. The van der Waals surface area contributed by atoms with Crippen molar-refractivity contribution < 1.29 is 27.5 Å². The molecule has 3 amide bonds. The van der Waals surface area contributed by atoms with E-state index >= 15 is 0 Å². The van der Waals surface area contributed by atoms with Gasteiger partial charge in [0, 0.05) is 5.70 Å². The Hall–Kier alpha value is -3.49. The van der Waals surface area contributed by atoms with E-state index in [0.29, 0.717) is 17.9 Å². The SMILES string of the molecule is CCOc1ccc([C@H]2NC(=O)NC(C)=C2C(=O)Nc2ccccc2C(F)(F)F)cc1. The summed E-state index contributed by atoms with van der Waals surface area (Å²) in [5, 5.41) is 7.47. The van der Waals surface area contributed by atoms with Gasteiger partial charge in [0.25, 0.3) is 5.91 Å². The number of hydrogen-bond donors (Lipinski definition) is 3. The van der Waals surface area contributed by atoms with Crippen molar-refractivity contribution in [2.75, 3.05) is 11.9 Å². The minimum absolute atomic E-state index is 0.107. The lowest BCUT2D eigenvalue weighted by atomic mass is 9.94. The number of rotatable bonds is 5. The molecule has 0 unspecified atom stereocenters. The van der Waals surface area contributed by atoms with Gasteiger partial charge < -0.3 is 20.7 Å². The number of amides is 3. The lowest BCUT2D eigenvalue weighted by Crippen LogP contribution is -2.46. The Morgan fingerprint density at radius 2 is 1.80 bits per heavy atom. The van der Waals surface area contributed by atoms with Crippen LogP contribution in [-0.4, -0.2) is 18.5 Å². The van der Waals surface area contributed by atoms with Crippen LogP contribution < -0.4 is 20.7 Å². The van der Waals surface area contributed by atoms with Gasteiger partial charge in [-0.15, -0.1) is 0 Å². The molecule has 30 heavy (non-hydrogen) atoms. The lowest BCUT2D eigenvalue weighted by molar-refractivity contribution is -0.137. The monoisotopic (exact) mass is 419 g/mol. The highest BCUT2D eigenvalue weighted by atomic mass is 19.4. The fourth-order valence-electron chi connectivity index (χ4n) is 3.20. The number of ether oxygens (including phenoxy) is 1. The van der Waals surface area contributed by atoms with Crippen molar-refractivity contribution in [1.82, 2.24) is 10.6 Å². The van der Waals surface area contributed by atoms with Crippen LogP contribution in [0.4, 0.5) is 23.7 Å². The van der Waals surface area contributed by atoms with Gasteiger partial charge in [-0.25, -0.2) is 4.79 Å². The second-order valence-corrected chi connectivity index (χ2v) is 6.57. The number of para-hydroxylation sites is 1. The predicted molar refractivity (Wildman–Crippen MR) is 105 cm³/mol. The number of carbonyl (C=O) groups excluding carboxylic acids is 2. The van der Waals surface area contributed by atoms with Gasteiger partial charge in [-0.1, -0.05) is 24.3 Å². The number of hydrogen-bond acceptors (Lipinski definition) is 3. The summed E-state index contributed by atoms with van der Waals surface area (Å²) in [5.41, 5.74) is -0.378. The second-order valence-electron chi connectivity index (χ2n) is 6.57.